The van der Waals surface area contributed by atoms with Gasteiger partial charge in [0.1, 0.15) is 5.75 Å². The number of methoxy groups -OCH3 is 1. The van der Waals surface area contributed by atoms with Gasteiger partial charge in [-0.3, -0.25) is 14.3 Å². The molecule has 7 heteroatoms. The van der Waals surface area contributed by atoms with E-state index in [-0.39, 0.29) is 17.7 Å². The molecule has 1 aliphatic rings. The second-order valence-electron chi connectivity index (χ2n) is 6.78. The number of fused-ring (bicyclic) bond motifs is 1. The third kappa shape index (κ3) is 3.82. The van der Waals surface area contributed by atoms with Gasteiger partial charge in [-0.1, -0.05) is 13.8 Å². The number of hydrogen-bond donors (Lipinski definition) is 2. The number of carbonyl (C=O) groups excluding carboxylic acids is 2. The molecule has 2 aromatic rings. The first-order valence-corrected chi connectivity index (χ1v) is 9.32. The van der Waals surface area contributed by atoms with Gasteiger partial charge in [0.15, 0.2) is 0 Å². The van der Waals surface area contributed by atoms with Gasteiger partial charge in [0, 0.05) is 42.8 Å². The number of nitrogens with one attached hydrogen (secondary N) is 2. The van der Waals surface area contributed by atoms with Crippen LogP contribution in [0.3, 0.4) is 0 Å². The van der Waals surface area contributed by atoms with E-state index in [4.69, 9.17) is 4.74 Å². The van der Waals surface area contributed by atoms with Gasteiger partial charge in [0.2, 0.25) is 11.8 Å². The van der Waals surface area contributed by atoms with Crippen molar-refractivity contribution in [1.29, 1.82) is 0 Å². The number of ether oxygens (including phenoxy) is 1. The van der Waals surface area contributed by atoms with E-state index in [0.717, 1.165) is 29.8 Å². The van der Waals surface area contributed by atoms with Crippen molar-refractivity contribution in [3.8, 4) is 5.75 Å². The molecular formula is C20H26N4O3. The maximum absolute atomic E-state index is 12.3. The van der Waals surface area contributed by atoms with Crippen LogP contribution >= 0.6 is 0 Å². The largest absolute Gasteiger partial charge is 0.495 e. The molecule has 144 valence electrons. The summed E-state index contributed by atoms with van der Waals surface area (Å²) in [5, 5.41) is 10.3. The third-order valence-electron chi connectivity index (χ3n) is 4.82. The highest BCUT2D eigenvalue weighted by Gasteiger charge is 2.30. The zero-order chi connectivity index (χ0) is 19.6. The lowest BCUT2D eigenvalue weighted by atomic mass is 9.84. The van der Waals surface area contributed by atoms with Crippen LogP contribution in [0.1, 0.15) is 55.8 Å². The van der Waals surface area contributed by atoms with Gasteiger partial charge in [-0.25, -0.2) is 0 Å². The van der Waals surface area contributed by atoms with Crippen LogP contribution in [0, 0.1) is 6.92 Å². The summed E-state index contributed by atoms with van der Waals surface area (Å²) in [5.41, 5.74) is 4.21. The topological polar surface area (TPSA) is 85.2 Å². The lowest BCUT2D eigenvalue weighted by Crippen LogP contribution is -2.24. The predicted molar refractivity (Wildman–Crippen MR) is 104 cm³/mol. The summed E-state index contributed by atoms with van der Waals surface area (Å²) in [6, 6.07) is 3.68. The first-order chi connectivity index (χ1) is 13.0. The van der Waals surface area contributed by atoms with Crippen molar-refractivity contribution < 1.29 is 14.3 Å². The fourth-order valence-electron chi connectivity index (χ4n) is 3.49. The van der Waals surface area contributed by atoms with E-state index in [9.17, 15) is 9.59 Å². The highest BCUT2D eigenvalue weighted by atomic mass is 16.5. The lowest BCUT2D eigenvalue weighted by Gasteiger charge is -2.27. The lowest BCUT2D eigenvalue weighted by molar-refractivity contribution is -0.117. The molecule has 1 atom stereocenters. The van der Waals surface area contributed by atoms with Gasteiger partial charge < -0.3 is 15.4 Å². The van der Waals surface area contributed by atoms with Gasteiger partial charge in [-0.2, -0.15) is 5.10 Å². The predicted octanol–water partition coefficient (Wildman–Crippen LogP) is 3.43. The Bertz CT molecular complexity index is 872. The van der Waals surface area contributed by atoms with Crippen LogP contribution in [0.5, 0.6) is 5.75 Å². The van der Waals surface area contributed by atoms with Gasteiger partial charge >= 0.3 is 0 Å². The fourth-order valence-corrected chi connectivity index (χ4v) is 3.49. The number of anilines is 2. The van der Waals surface area contributed by atoms with Crippen LogP contribution in [0.4, 0.5) is 11.4 Å². The second-order valence-corrected chi connectivity index (χ2v) is 6.78. The van der Waals surface area contributed by atoms with Gasteiger partial charge in [-0.05, 0) is 31.0 Å². The van der Waals surface area contributed by atoms with Crippen LogP contribution in [0.25, 0.3) is 0 Å². The van der Waals surface area contributed by atoms with Crippen molar-refractivity contribution in [2.24, 2.45) is 0 Å². The molecule has 3 rings (SSSR count). The average Bonchev–Trinajstić information content (AvgIpc) is 3.00. The van der Waals surface area contributed by atoms with Gasteiger partial charge in [0.05, 0.1) is 18.5 Å². The zero-order valence-corrected chi connectivity index (χ0v) is 16.3. The number of benzene rings is 1. The molecule has 1 aromatic heterocycles. The van der Waals surface area contributed by atoms with E-state index >= 15 is 0 Å². The van der Waals surface area contributed by atoms with Crippen LogP contribution in [-0.4, -0.2) is 28.7 Å². The average molecular weight is 370 g/mol. The third-order valence-corrected chi connectivity index (χ3v) is 4.82. The first kappa shape index (κ1) is 18.9. The smallest absolute Gasteiger partial charge is 0.225 e. The molecule has 0 aliphatic carbocycles. The second kappa shape index (κ2) is 7.82. The van der Waals surface area contributed by atoms with Crippen molar-refractivity contribution >= 4 is 23.2 Å². The van der Waals surface area contributed by atoms with Gasteiger partial charge in [-0.15, -0.1) is 0 Å². The number of hydrogen-bond acceptors (Lipinski definition) is 4. The maximum Gasteiger partial charge on any atom is 0.225 e. The van der Waals surface area contributed by atoms with Crippen molar-refractivity contribution in [1.82, 2.24) is 9.78 Å². The summed E-state index contributed by atoms with van der Waals surface area (Å²) in [6.45, 7) is 6.71. The molecular weight excluding hydrogens is 344 g/mol. The summed E-state index contributed by atoms with van der Waals surface area (Å²) in [7, 11) is 1.57. The summed E-state index contributed by atoms with van der Waals surface area (Å²) < 4.78 is 7.43. The Morgan fingerprint density at radius 2 is 2.15 bits per heavy atom. The number of amides is 2. The van der Waals surface area contributed by atoms with Crippen LogP contribution < -0.4 is 15.4 Å². The molecule has 7 nitrogen and oxygen atoms in total. The molecule has 27 heavy (non-hydrogen) atoms. The Morgan fingerprint density at radius 1 is 1.37 bits per heavy atom. The highest BCUT2D eigenvalue weighted by molar-refractivity contribution is 5.98. The molecule has 0 fully saturated rings. The van der Waals surface area contributed by atoms with Crippen LogP contribution in [0.2, 0.25) is 0 Å². The molecule has 0 saturated heterocycles. The van der Waals surface area contributed by atoms with Crippen molar-refractivity contribution in [3.05, 3.63) is 35.2 Å². The Morgan fingerprint density at radius 3 is 2.81 bits per heavy atom. The van der Waals surface area contributed by atoms with Crippen molar-refractivity contribution in [3.63, 3.8) is 0 Å². The number of aryl methyl sites for hydroxylation is 2. The minimum Gasteiger partial charge on any atom is -0.495 e. The van der Waals surface area contributed by atoms with E-state index < -0.39 is 0 Å². The monoisotopic (exact) mass is 370 g/mol. The molecule has 1 aliphatic heterocycles. The number of aromatic nitrogens is 2. The Labute approximate surface area is 159 Å². The molecule has 2 amide bonds. The summed E-state index contributed by atoms with van der Waals surface area (Å²) in [6.07, 6.45) is 3.75. The summed E-state index contributed by atoms with van der Waals surface area (Å²) in [5.74, 6) is 0.330. The Balaban J connectivity index is 2.06. The van der Waals surface area contributed by atoms with E-state index in [1.165, 1.54) is 0 Å². The molecule has 2 N–H and O–H groups in total. The number of carbonyl (C=O) groups is 2. The molecule has 0 saturated carbocycles. The fraction of sp³-hybridized carbons (Fsp3) is 0.450. The van der Waals surface area contributed by atoms with Crippen molar-refractivity contribution in [2.75, 3.05) is 17.7 Å². The minimum absolute atomic E-state index is 0.0481. The van der Waals surface area contributed by atoms with E-state index in [0.29, 0.717) is 30.0 Å². The minimum atomic E-state index is -0.108. The Kier molecular flexibility index (Phi) is 5.48. The maximum atomic E-state index is 12.3. The summed E-state index contributed by atoms with van der Waals surface area (Å²) in [4.78, 5) is 24.2. The van der Waals surface area contributed by atoms with Crippen molar-refractivity contribution in [2.45, 2.75) is 52.5 Å². The van der Waals surface area contributed by atoms with E-state index in [1.54, 1.807) is 20.1 Å². The molecule has 2 heterocycles. The molecule has 0 spiro atoms. The first-order valence-electron chi connectivity index (χ1n) is 9.32. The molecule has 0 bridgehead atoms. The quantitative estimate of drug-likeness (QED) is 0.816. The van der Waals surface area contributed by atoms with E-state index in [1.807, 2.05) is 23.9 Å². The van der Waals surface area contributed by atoms with Crippen LogP contribution in [-0.2, 0) is 16.1 Å². The summed E-state index contributed by atoms with van der Waals surface area (Å²) >= 11 is 0. The molecule has 1 unspecified atom stereocenters. The van der Waals surface area contributed by atoms with Crippen LogP contribution in [0.15, 0.2) is 18.3 Å². The number of rotatable bonds is 6. The molecule has 0 radical (unpaired) electrons. The van der Waals surface area contributed by atoms with E-state index in [2.05, 4.69) is 22.7 Å². The SMILES string of the molecule is CCCn1cc(C2CC(=O)Nc3cc(NC(=O)CC)c(OC)cc32)c(C)n1. The molecule has 1 aromatic carbocycles. The van der Waals surface area contributed by atoms with Gasteiger partial charge in [0.25, 0.3) is 0 Å². The number of nitrogens with zero attached hydrogens (tertiary/aromatic N) is 2. The Hall–Kier alpha value is -2.83. The standard InChI is InChI=1S/C20H26N4O3/c1-5-7-24-11-15(12(3)23-24)13-9-20(26)21-16-10-17(22-19(25)6-2)18(27-4)8-14(13)16/h8,10-11,13H,5-7,9H2,1-4H3,(H,21,26)(H,22,25). The highest BCUT2D eigenvalue weighted by Crippen LogP contribution is 2.42. The zero-order valence-electron chi connectivity index (χ0n) is 16.3. The normalized spacial score (nSPS) is 15.9.